The molecule has 0 spiro atoms. The number of hydrogen-bond acceptors (Lipinski definition) is 4. The van der Waals surface area contributed by atoms with E-state index in [-0.39, 0.29) is 24.3 Å². The summed E-state index contributed by atoms with van der Waals surface area (Å²) in [5.74, 6) is -0.316. The molecule has 1 fully saturated rings. The first-order valence-electron chi connectivity index (χ1n) is 9.52. The second kappa shape index (κ2) is 8.39. The van der Waals surface area contributed by atoms with Crippen molar-refractivity contribution < 1.29 is 17.9 Å². The molecule has 144 valence electrons. The molecule has 1 aromatic rings. The van der Waals surface area contributed by atoms with Crippen molar-refractivity contribution >= 4 is 21.6 Å². The fraction of sp³-hybridized carbons (Fsp3) is 0.632. The molecule has 1 unspecified atom stereocenters. The first-order chi connectivity index (χ1) is 12.5. The molecule has 0 saturated heterocycles. The number of hydrogen-bond donors (Lipinski definition) is 1. The summed E-state index contributed by atoms with van der Waals surface area (Å²) in [6.07, 6.45) is 5.31. The smallest absolute Gasteiger partial charge is 0.249 e. The van der Waals surface area contributed by atoms with Gasteiger partial charge in [0.2, 0.25) is 15.9 Å². The number of sulfonamides is 1. The number of carbonyl (C=O) groups is 1. The lowest BCUT2D eigenvalue weighted by molar-refractivity contribution is -0.136. The largest absolute Gasteiger partial charge is 0.365 e. The fourth-order valence-corrected chi connectivity index (χ4v) is 5.15. The summed E-state index contributed by atoms with van der Waals surface area (Å²) in [6, 6.07) is 7.56. The monoisotopic (exact) mass is 380 g/mol. The molecule has 7 heteroatoms. The lowest BCUT2D eigenvalue weighted by atomic mass is 10.2. The molecule has 1 heterocycles. The van der Waals surface area contributed by atoms with Crippen molar-refractivity contribution in [1.29, 1.82) is 0 Å². The maximum absolute atomic E-state index is 12.6. The van der Waals surface area contributed by atoms with Crippen LogP contribution in [0.3, 0.4) is 0 Å². The maximum Gasteiger partial charge on any atom is 0.249 e. The van der Waals surface area contributed by atoms with Gasteiger partial charge in [0.25, 0.3) is 0 Å². The quantitative estimate of drug-likeness (QED) is 0.750. The predicted octanol–water partition coefficient (Wildman–Crippen LogP) is 2.23. The molecule has 6 nitrogen and oxygen atoms in total. The molecule has 1 atom stereocenters. The van der Waals surface area contributed by atoms with Gasteiger partial charge in [-0.2, -0.15) is 0 Å². The van der Waals surface area contributed by atoms with Crippen LogP contribution in [-0.2, 0) is 26.0 Å². The number of anilines is 1. The number of para-hydroxylation sites is 1. The third kappa shape index (κ3) is 4.38. The minimum atomic E-state index is -3.45. The van der Waals surface area contributed by atoms with Gasteiger partial charge in [-0.3, -0.25) is 9.10 Å². The van der Waals surface area contributed by atoms with E-state index < -0.39 is 16.1 Å². The molecule has 0 radical (unpaired) electrons. The highest BCUT2D eigenvalue weighted by molar-refractivity contribution is 7.92. The van der Waals surface area contributed by atoms with Crippen LogP contribution in [0.25, 0.3) is 0 Å². The Morgan fingerprint density at radius 3 is 2.77 bits per heavy atom. The summed E-state index contributed by atoms with van der Waals surface area (Å²) in [5, 5.41) is 2.74. The number of nitrogens with zero attached hydrogens (tertiary/aromatic N) is 1. The summed E-state index contributed by atoms with van der Waals surface area (Å²) in [4.78, 5) is 12.3. The van der Waals surface area contributed by atoms with Gasteiger partial charge in [-0.05, 0) is 37.3 Å². The van der Waals surface area contributed by atoms with Gasteiger partial charge in [-0.1, -0.05) is 38.0 Å². The van der Waals surface area contributed by atoms with Crippen LogP contribution in [0.2, 0.25) is 0 Å². The first kappa shape index (κ1) is 19.2. The van der Waals surface area contributed by atoms with Crippen molar-refractivity contribution in [3.63, 3.8) is 0 Å². The topological polar surface area (TPSA) is 75.7 Å². The van der Waals surface area contributed by atoms with Crippen LogP contribution in [0.4, 0.5) is 5.69 Å². The third-order valence-electron chi connectivity index (χ3n) is 5.16. The number of ether oxygens (including phenoxy) is 1. The van der Waals surface area contributed by atoms with Crippen LogP contribution >= 0.6 is 0 Å². The molecule has 1 aliphatic carbocycles. The van der Waals surface area contributed by atoms with E-state index in [1.54, 1.807) is 0 Å². The Labute approximate surface area is 156 Å². The van der Waals surface area contributed by atoms with E-state index in [9.17, 15) is 13.2 Å². The van der Waals surface area contributed by atoms with Crippen LogP contribution < -0.4 is 9.62 Å². The zero-order valence-electron chi connectivity index (χ0n) is 15.3. The average molecular weight is 381 g/mol. The van der Waals surface area contributed by atoms with Crippen molar-refractivity contribution in [3.8, 4) is 0 Å². The van der Waals surface area contributed by atoms with Crippen molar-refractivity contribution in [3.05, 3.63) is 29.8 Å². The van der Waals surface area contributed by atoms with Gasteiger partial charge >= 0.3 is 0 Å². The molecule has 1 saturated carbocycles. The summed E-state index contributed by atoms with van der Waals surface area (Å²) >= 11 is 0. The second-order valence-electron chi connectivity index (χ2n) is 7.00. The number of benzene rings is 1. The number of amides is 1. The van der Waals surface area contributed by atoms with Gasteiger partial charge in [-0.15, -0.1) is 0 Å². The molecule has 2 aliphatic rings. The van der Waals surface area contributed by atoms with Crippen LogP contribution in [-0.4, -0.2) is 45.4 Å². The Morgan fingerprint density at radius 2 is 2.04 bits per heavy atom. The van der Waals surface area contributed by atoms with E-state index in [0.717, 1.165) is 43.4 Å². The Balaban J connectivity index is 1.51. The molecule has 1 N–H and O–H groups in total. The van der Waals surface area contributed by atoms with Gasteiger partial charge in [0, 0.05) is 13.1 Å². The van der Waals surface area contributed by atoms with Crippen LogP contribution in [0.1, 0.15) is 44.6 Å². The van der Waals surface area contributed by atoms with Crippen molar-refractivity contribution in [2.24, 2.45) is 0 Å². The van der Waals surface area contributed by atoms with Crippen LogP contribution in [0, 0.1) is 0 Å². The van der Waals surface area contributed by atoms with E-state index in [1.165, 1.54) is 4.31 Å². The van der Waals surface area contributed by atoms with Crippen molar-refractivity contribution in [1.82, 2.24) is 5.32 Å². The minimum absolute atomic E-state index is 0.102. The fourth-order valence-electron chi connectivity index (χ4n) is 3.72. The van der Waals surface area contributed by atoms with Gasteiger partial charge in [0.1, 0.15) is 6.10 Å². The van der Waals surface area contributed by atoms with Crippen LogP contribution in [0.5, 0.6) is 0 Å². The lowest BCUT2D eigenvalue weighted by Gasteiger charge is -2.22. The second-order valence-corrected chi connectivity index (χ2v) is 9.01. The summed E-state index contributed by atoms with van der Waals surface area (Å²) < 4.78 is 32.6. The Bertz CT molecular complexity index is 729. The average Bonchev–Trinajstić information content (AvgIpc) is 3.29. The Morgan fingerprint density at radius 1 is 1.31 bits per heavy atom. The molecule has 1 aromatic carbocycles. The zero-order chi connectivity index (χ0) is 18.6. The molecular weight excluding hydrogens is 352 g/mol. The number of carbonyl (C=O) groups excluding carboxylic acids is 1. The lowest BCUT2D eigenvalue weighted by Crippen LogP contribution is -2.42. The van der Waals surface area contributed by atoms with E-state index in [1.807, 2.05) is 31.2 Å². The van der Waals surface area contributed by atoms with Gasteiger partial charge in [-0.25, -0.2) is 8.42 Å². The van der Waals surface area contributed by atoms with E-state index in [0.29, 0.717) is 13.0 Å². The van der Waals surface area contributed by atoms with Crippen molar-refractivity contribution in [2.75, 3.05) is 23.1 Å². The molecule has 1 amide bonds. The van der Waals surface area contributed by atoms with E-state index >= 15 is 0 Å². The predicted molar refractivity (Wildman–Crippen MR) is 102 cm³/mol. The Hall–Kier alpha value is -1.60. The van der Waals surface area contributed by atoms with Gasteiger partial charge in [0.05, 0.1) is 17.5 Å². The summed E-state index contributed by atoms with van der Waals surface area (Å²) in [6.45, 7) is 2.49. The SMILES string of the molecule is CCC(OC1CCCC1)C(=O)NCCS(=O)(=O)N1CCc2ccccc21. The highest BCUT2D eigenvalue weighted by Crippen LogP contribution is 2.29. The molecule has 1 aliphatic heterocycles. The molecule has 26 heavy (non-hydrogen) atoms. The normalized spacial score (nSPS) is 18.7. The highest BCUT2D eigenvalue weighted by atomic mass is 32.2. The first-order valence-corrected chi connectivity index (χ1v) is 11.1. The highest BCUT2D eigenvalue weighted by Gasteiger charge is 2.29. The van der Waals surface area contributed by atoms with Crippen molar-refractivity contribution in [2.45, 2.75) is 57.7 Å². The minimum Gasteiger partial charge on any atom is -0.365 e. The molecular formula is C19H28N2O4S. The summed E-state index contributed by atoms with van der Waals surface area (Å²) in [5.41, 5.74) is 1.81. The van der Waals surface area contributed by atoms with Gasteiger partial charge < -0.3 is 10.1 Å². The molecule has 0 aromatic heterocycles. The maximum atomic E-state index is 12.6. The van der Waals surface area contributed by atoms with Gasteiger partial charge in [0.15, 0.2) is 0 Å². The number of nitrogens with one attached hydrogen (secondary N) is 1. The zero-order valence-corrected chi connectivity index (χ0v) is 16.1. The number of rotatable bonds is 8. The number of fused-ring (bicyclic) bond motifs is 1. The van der Waals surface area contributed by atoms with E-state index in [4.69, 9.17) is 4.74 Å². The summed E-state index contributed by atoms with van der Waals surface area (Å²) in [7, 11) is -3.45. The molecule has 0 bridgehead atoms. The standard InChI is InChI=1S/C19H28N2O4S/c1-2-18(25-16-8-4-5-9-16)19(22)20-12-14-26(23,24)21-13-11-15-7-3-6-10-17(15)21/h3,6-7,10,16,18H,2,4-5,8-9,11-14H2,1H3,(H,20,22). The van der Waals surface area contributed by atoms with E-state index in [2.05, 4.69) is 5.32 Å². The third-order valence-corrected chi connectivity index (χ3v) is 6.93. The van der Waals surface area contributed by atoms with Crippen LogP contribution in [0.15, 0.2) is 24.3 Å². The Kier molecular flexibility index (Phi) is 6.19. The molecule has 3 rings (SSSR count).